The number of benzene rings is 2. The number of carboxylic acid groups (broad SMARTS) is 1. The molecule has 3 N–H and O–H groups in total. The van der Waals surface area contributed by atoms with Gasteiger partial charge in [-0.2, -0.15) is 0 Å². The summed E-state index contributed by atoms with van der Waals surface area (Å²) in [5.74, 6) is -0.913. The van der Waals surface area contributed by atoms with Crippen LogP contribution in [-0.4, -0.2) is 21.3 Å². The Morgan fingerprint density at radius 2 is 1.90 bits per heavy atom. The van der Waals surface area contributed by atoms with Crippen molar-refractivity contribution in [1.29, 1.82) is 0 Å². The molecular weight excluding hydrogens is 324 g/mol. The molecule has 0 aliphatic carbocycles. The van der Waals surface area contributed by atoms with Crippen LogP contribution in [-0.2, 0) is 5.33 Å². The zero-order valence-electron chi connectivity index (χ0n) is 10.7. The summed E-state index contributed by atoms with van der Waals surface area (Å²) in [5, 5.41) is 29.2. The number of aromatic carboxylic acids is 1. The van der Waals surface area contributed by atoms with E-state index in [0.29, 0.717) is 10.9 Å². The Kier molecular flexibility index (Phi) is 3.99. The van der Waals surface area contributed by atoms with E-state index in [1.807, 2.05) is 0 Å². The van der Waals surface area contributed by atoms with Crippen LogP contribution >= 0.6 is 15.9 Å². The van der Waals surface area contributed by atoms with Crippen LogP contribution in [0.4, 0.5) is 0 Å². The summed E-state index contributed by atoms with van der Waals surface area (Å²) in [6, 6.07) is 7.31. The second-order valence-electron chi connectivity index (χ2n) is 4.47. The van der Waals surface area contributed by atoms with Gasteiger partial charge >= 0.3 is 5.97 Å². The summed E-state index contributed by atoms with van der Waals surface area (Å²) in [7, 11) is 0. The van der Waals surface area contributed by atoms with E-state index in [1.165, 1.54) is 18.2 Å². The lowest BCUT2D eigenvalue weighted by molar-refractivity contribution is 0.0697. The third-order valence-electron chi connectivity index (χ3n) is 3.06. The van der Waals surface area contributed by atoms with E-state index in [-0.39, 0.29) is 17.1 Å². The largest absolute Gasteiger partial charge is 0.508 e. The first-order valence-electron chi connectivity index (χ1n) is 5.89. The Hall–Kier alpha value is -2.01. The molecule has 0 aromatic heterocycles. The Balaban J connectivity index is 2.73. The van der Waals surface area contributed by atoms with Gasteiger partial charge in [0.15, 0.2) is 0 Å². The maximum atomic E-state index is 11.1. The number of hydrogen-bond donors (Lipinski definition) is 3. The fraction of sp³-hybridized carbons (Fsp3) is 0.133. The summed E-state index contributed by atoms with van der Waals surface area (Å²) in [6.45, 7) is 1.80. The van der Waals surface area contributed by atoms with Crippen molar-refractivity contribution < 1.29 is 20.1 Å². The molecular formula is C15H13BrO4. The first-order valence-corrected chi connectivity index (χ1v) is 7.01. The Morgan fingerprint density at radius 3 is 2.50 bits per heavy atom. The smallest absolute Gasteiger partial charge is 0.335 e. The van der Waals surface area contributed by atoms with Crippen LogP contribution in [0.5, 0.6) is 11.5 Å². The van der Waals surface area contributed by atoms with Crippen molar-refractivity contribution >= 4 is 21.9 Å². The van der Waals surface area contributed by atoms with Crippen molar-refractivity contribution in [2.75, 3.05) is 0 Å². The van der Waals surface area contributed by atoms with Gasteiger partial charge in [-0.1, -0.05) is 15.9 Å². The topological polar surface area (TPSA) is 77.8 Å². The highest BCUT2D eigenvalue weighted by Gasteiger charge is 2.15. The lowest BCUT2D eigenvalue weighted by Gasteiger charge is -2.14. The normalized spacial score (nSPS) is 10.5. The number of carboxylic acids is 1. The maximum absolute atomic E-state index is 11.1. The van der Waals surface area contributed by atoms with Gasteiger partial charge in [-0.25, -0.2) is 4.79 Å². The molecule has 0 heterocycles. The summed E-state index contributed by atoms with van der Waals surface area (Å²) < 4.78 is 0. The van der Waals surface area contributed by atoms with Gasteiger partial charge in [0.05, 0.1) is 5.56 Å². The van der Waals surface area contributed by atoms with Crippen LogP contribution in [0.15, 0.2) is 30.3 Å². The molecule has 0 aliphatic heterocycles. The van der Waals surface area contributed by atoms with Crippen LogP contribution in [0, 0.1) is 6.92 Å². The number of carbonyl (C=O) groups is 1. The lowest BCUT2D eigenvalue weighted by atomic mass is 9.93. The van der Waals surface area contributed by atoms with Gasteiger partial charge in [0, 0.05) is 10.9 Å². The fourth-order valence-electron chi connectivity index (χ4n) is 2.20. The average molecular weight is 337 g/mol. The van der Waals surface area contributed by atoms with E-state index in [9.17, 15) is 15.0 Å². The van der Waals surface area contributed by atoms with E-state index >= 15 is 0 Å². The highest BCUT2D eigenvalue weighted by Crippen LogP contribution is 2.37. The Morgan fingerprint density at radius 1 is 1.20 bits per heavy atom. The minimum atomic E-state index is -1.05. The van der Waals surface area contributed by atoms with E-state index < -0.39 is 5.97 Å². The highest BCUT2D eigenvalue weighted by molar-refractivity contribution is 9.08. The minimum Gasteiger partial charge on any atom is -0.508 e. The number of alkyl halides is 1. The van der Waals surface area contributed by atoms with E-state index in [0.717, 1.165) is 16.7 Å². The number of aromatic hydroxyl groups is 2. The van der Waals surface area contributed by atoms with Crippen molar-refractivity contribution in [3.8, 4) is 22.6 Å². The van der Waals surface area contributed by atoms with Gasteiger partial charge in [-0.15, -0.1) is 0 Å². The van der Waals surface area contributed by atoms with Crippen molar-refractivity contribution in [3.05, 3.63) is 47.0 Å². The molecule has 0 atom stereocenters. The predicted octanol–water partition coefficient (Wildman–Crippen LogP) is 3.67. The van der Waals surface area contributed by atoms with E-state index in [2.05, 4.69) is 15.9 Å². The van der Waals surface area contributed by atoms with Crippen LogP contribution in [0.1, 0.15) is 21.5 Å². The van der Waals surface area contributed by atoms with Crippen LogP contribution in [0.3, 0.4) is 0 Å². The molecule has 0 saturated heterocycles. The molecule has 0 fully saturated rings. The number of phenolic OH excluding ortho intramolecular Hbond substituents is 2. The molecule has 2 aromatic carbocycles. The quantitative estimate of drug-likeness (QED) is 0.747. The summed E-state index contributed by atoms with van der Waals surface area (Å²) in [6.07, 6.45) is 0. The number of aryl methyl sites for hydroxylation is 1. The summed E-state index contributed by atoms with van der Waals surface area (Å²) in [5.41, 5.74) is 2.81. The number of rotatable bonds is 3. The van der Waals surface area contributed by atoms with Crippen molar-refractivity contribution in [1.82, 2.24) is 0 Å². The molecule has 20 heavy (non-hydrogen) atoms. The van der Waals surface area contributed by atoms with Gasteiger partial charge < -0.3 is 15.3 Å². The second-order valence-corrected chi connectivity index (χ2v) is 5.03. The molecule has 5 heteroatoms. The van der Waals surface area contributed by atoms with Gasteiger partial charge in [-0.3, -0.25) is 0 Å². The molecule has 0 bridgehead atoms. The summed E-state index contributed by atoms with van der Waals surface area (Å²) in [4.78, 5) is 11.1. The third kappa shape index (κ3) is 2.63. The second kappa shape index (κ2) is 5.54. The highest BCUT2D eigenvalue weighted by atomic mass is 79.9. The SMILES string of the molecule is Cc1cc(O)cc(CBr)c1-c1cc(C(=O)O)ccc1O. The zero-order chi connectivity index (χ0) is 14.9. The third-order valence-corrected chi connectivity index (χ3v) is 3.66. The molecule has 2 aromatic rings. The molecule has 4 nitrogen and oxygen atoms in total. The summed E-state index contributed by atoms with van der Waals surface area (Å²) >= 11 is 3.34. The molecule has 104 valence electrons. The Bertz CT molecular complexity index is 680. The standard InChI is InChI=1S/C15H13BrO4/c1-8-4-11(17)5-10(7-16)14(8)12-6-9(15(19)20)2-3-13(12)18/h2-6,17-18H,7H2,1H3,(H,19,20). The van der Waals surface area contributed by atoms with E-state index in [1.54, 1.807) is 19.1 Å². The van der Waals surface area contributed by atoms with Crippen molar-refractivity contribution in [2.45, 2.75) is 12.3 Å². The molecule has 0 radical (unpaired) electrons. The van der Waals surface area contributed by atoms with Crippen molar-refractivity contribution in [2.24, 2.45) is 0 Å². The lowest BCUT2D eigenvalue weighted by Crippen LogP contribution is -1.98. The van der Waals surface area contributed by atoms with Gasteiger partial charge in [-0.05, 0) is 53.9 Å². The van der Waals surface area contributed by atoms with Crippen LogP contribution in [0.25, 0.3) is 11.1 Å². The van der Waals surface area contributed by atoms with Crippen LogP contribution < -0.4 is 0 Å². The molecule has 0 unspecified atom stereocenters. The monoisotopic (exact) mass is 336 g/mol. The first kappa shape index (κ1) is 14.4. The number of phenols is 2. The van der Waals surface area contributed by atoms with Gasteiger partial charge in [0.2, 0.25) is 0 Å². The maximum Gasteiger partial charge on any atom is 0.335 e. The molecule has 0 aliphatic rings. The van der Waals surface area contributed by atoms with Gasteiger partial charge in [0.1, 0.15) is 11.5 Å². The number of hydrogen-bond acceptors (Lipinski definition) is 3. The van der Waals surface area contributed by atoms with Gasteiger partial charge in [0.25, 0.3) is 0 Å². The Labute approximate surface area is 124 Å². The van der Waals surface area contributed by atoms with Crippen molar-refractivity contribution in [3.63, 3.8) is 0 Å². The fourth-order valence-corrected chi connectivity index (χ4v) is 2.64. The molecule has 0 spiro atoms. The van der Waals surface area contributed by atoms with E-state index in [4.69, 9.17) is 5.11 Å². The predicted molar refractivity (Wildman–Crippen MR) is 79.5 cm³/mol. The molecule has 0 saturated carbocycles. The number of halogens is 1. The minimum absolute atomic E-state index is 0.00555. The average Bonchev–Trinajstić information content (AvgIpc) is 2.38. The molecule has 0 amide bonds. The van der Waals surface area contributed by atoms with Crippen LogP contribution in [0.2, 0.25) is 0 Å². The molecule has 2 rings (SSSR count). The zero-order valence-corrected chi connectivity index (χ0v) is 12.3. The first-order chi connectivity index (χ1) is 9.43.